The lowest BCUT2D eigenvalue weighted by Crippen LogP contribution is -2.22. The molecular weight excluding hydrogens is 280 g/mol. The van der Waals surface area contributed by atoms with Crippen LogP contribution in [0.1, 0.15) is 37.9 Å². The van der Waals surface area contributed by atoms with Gasteiger partial charge < -0.3 is 10.1 Å². The highest BCUT2D eigenvalue weighted by Crippen LogP contribution is 2.26. The van der Waals surface area contributed by atoms with Crippen molar-refractivity contribution in [3.05, 3.63) is 5.82 Å². The van der Waals surface area contributed by atoms with Crippen molar-refractivity contribution >= 4 is 15.8 Å². The zero-order valence-corrected chi connectivity index (χ0v) is 12.7. The highest BCUT2D eigenvalue weighted by Gasteiger charge is 2.31. The number of hydrogen-bond donors (Lipinski definition) is 2. The maximum absolute atomic E-state index is 11.5. The van der Waals surface area contributed by atoms with Gasteiger partial charge in [-0.2, -0.15) is 4.98 Å². The fourth-order valence-electron chi connectivity index (χ4n) is 2.38. The van der Waals surface area contributed by atoms with Crippen molar-refractivity contribution in [3.63, 3.8) is 0 Å². The molecule has 0 aromatic carbocycles. The van der Waals surface area contributed by atoms with Gasteiger partial charge in [-0.25, -0.2) is 8.42 Å². The van der Waals surface area contributed by atoms with Crippen molar-refractivity contribution < 1.29 is 13.2 Å². The first-order valence-electron chi connectivity index (χ1n) is 6.93. The number of anilines is 1. The van der Waals surface area contributed by atoms with Gasteiger partial charge in [0.05, 0.1) is 17.6 Å². The monoisotopic (exact) mass is 302 g/mol. The van der Waals surface area contributed by atoms with Crippen molar-refractivity contribution in [2.45, 2.75) is 38.2 Å². The number of sulfone groups is 1. The van der Waals surface area contributed by atoms with Gasteiger partial charge in [0.2, 0.25) is 5.95 Å². The van der Waals surface area contributed by atoms with Crippen LogP contribution in [0.3, 0.4) is 0 Å². The molecule has 2 N–H and O–H groups in total. The minimum atomic E-state index is -2.90. The van der Waals surface area contributed by atoms with E-state index in [9.17, 15) is 8.42 Å². The maximum Gasteiger partial charge on any atom is 0.242 e. The number of nitrogens with zero attached hydrogens (tertiary/aromatic N) is 2. The van der Waals surface area contributed by atoms with Gasteiger partial charge in [0.15, 0.2) is 9.84 Å². The third kappa shape index (κ3) is 3.92. The molecule has 2 atom stereocenters. The summed E-state index contributed by atoms with van der Waals surface area (Å²) in [4.78, 5) is 4.33. The lowest BCUT2D eigenvalue weighted by Gasteiger charge is -2.13. The summed E-state index contributed by atoms with van der Waals surface area (Å²) in [5.74, 6) is 1.50. The Kier molecular flexibility index (Phi) is 4.98. The Bertz CT molecular complexity index is 529. The number of hydrogen-bond acceptors (Lipinski definition) is 6. The molecule has 0 saturated carbocycles. The average molecular weight is 302 g/mol. The van der Waals surface area contributed by atoms with Gasteiger partial charge in [0.25, 0.3) is 0 Å². The summed E-state index contributed by atoms with van der Waals surface area (Å²) in [6.45, 7) is 2.75. The van der Waals surface area contributed by atoms with E-state index in [0.29, 0.717) is 24.7 Å². The molecule has 1 aliphatic rings. The fraction of sp³-hybridized carbons (Fsp3) is 0.833. The largest absolute Gasteiger partial charge is 0.380 e. The molecule has 1 aromatic rings. The third-order valence-corrected chi connectivity index (χ3v) is 5.32. The summed E-state index contributed by atoms with van der Waals surface area (Å²) in [5.41, 5.74) is 0. The Morgan fingerprint density at radius 2 is 2.35 bits per heavy atom. The number of ether oxygens (including phenoxy) is 1. The number of nitrogens with one attached hydrogen (secondary N) is 2. The van der Waals surface area contributed by atoms with Crippen LogP contribution in [0, 0.1) is 0 Å². The number of rotatable bonds is 7. The SMILES string of the molecule is CCCC(CNc1n[nH]c(C2CCS(=O)(=O)C2)n1)OC. The van der Waals surface area contributed by atoms with Crippen LogP contribution in [0.2, 0.25) is 0 Å². The van der Waals surface area contributed by atoms with Crippen molar-refractivity contribution in [3.8, 4) is 0 Å². The standard InChI is InChI=1S/C12H22N4O3S/c1-3-4-10(19-2)7-13-12-14-11(15-16-12)9-5-6-20(17,18)8-9/h9-10H,3-8H2,1-2H3,(H2,13,14,15,16). The zero-order chi connectivity index (χ0) is 14.6. The van der Waals surface area contributed by atoms with Crippen LogP contribution in [-0.4, -0.2) is 54.9 Å². The molecule has 0 spiro atoms. The first-order valence-corrected chi connectivity index (χ1v) is 8.75. The van der Waals surface area contributed by atoms with E-state index in [1.807, 2.05) is 0 Å². The van der Waals surface area contributed by atoms with Crippen LogP contribution < -0.4 is 5.32 Å². The van der Waals surface area contributed by atoms with Crippen LogP contribution in [-0.2, 0) is 14.6 Å². The molecule has 1 fully saturated rings. The van der Waals surface area contributed by atoms with E-state index >= 15 is 0 Å². The summed E-state index contributed by atoms with van der Waals surface area (Å²) in [7, 11) is -1.21. The smallest absolute Gasteiger partial charge is 0.242 e. The summed E-state index contributed by atoms with van der Waals surface area (Å²) in [6.07, 6.45) is 2.78. The van der Waals surface area contributed by atoms with Gasteiger partial charge in [-0.3, -0.25) is 5.10 Å². The predicted molar refractivity (Wildman–Crippen MR) is 76.6 cm³/mol. The van der Waals surface area contributed by atoms with Gasteiger partial charge in [-0.05, 0) is 12.8 Å². The molecule has 114 valence electrons. The molecule has 0 amide bonds. The number of methoxy groups -OCH3 is 1. The Labute approximate surface area is 119 Å². The van der Waals surface area contributed by atoms with Crippen molar-refractivity contribution in [1.82, 2.24) is 15.2 Å². The normalized spacial score (nSPS) is 22.8. The molecule has 1 aliphatic heterocycles. The highest BCUT2D eigenvalue weighted by molar-refractivity contribution is 7.91. The lowest BCUT2D eigenvalue weighted by molar-refractivity contribution is 0.105. The van der Waals surface area contributed by atoms with Crippen LogP contribution in [0.15, 0.2) is 0 Å². The average Bonchev–Trinajstić information content (AvgIpc) is 3.00. The summed E-state index contributed by atoms with van der Waals surface area (Å²) in [6, 6.07) is 0. The van der Waals surface area contributed by atoms with E-state index in [0.717, 1.165) is 12.8 Å². The Balaban J connectivity index is 1.89. The summed E-state index contributed by atoms with van der Waals surface area (Å²) in [5, 5.41) is 10.0. The van der Waals surface area contributed by atoms with E-state index in [2.05, 4.69) is 27.4 Å². The topological polar surface area (TPSA) is 97.0 Å². The van der Waals surface area contributed by atoms with Crippen LogP contribution in [0.4, 0.5) is 5.95 Å². The first kappa shape index (κ1) is 15.2. The summed E-state index contributed by atoms with van der Waals surface area (Å²) < 4.78 is 28.2. The van der Waals surface area contributed by atoms with Crippen molar-refractivity contribution in [2.24, 2.45) is 0 Å². The van der Waals surface area contributed by atoms with E-state index in [-0.39, 0.29) is 23.5 Å². The van der Waals surface area contributed by atoms with Crippen molar-refractivity contribution in [1.29, 1.82) is 0 Å². The molecule has 7 nitrogen and oxygen atoms in total. The second-order valence-electron chi connectivity index (χ2n) is 5.17. The van der Waals surface area contributed by atoms with Gasteiger partial charge >= 0.3 is 0 Å². The van der Waals surface area contributed by atoms with E-state index < -0.39 is 9.84 Å². The molecule has 0 aliphatic carbocycles. The van der Waals surface area contributed by atoms with Crippen LogP contribution >= 0.6 is 0 Å². The fourth-order valence-corrected chi connectivity index (χ4v) is 4.12. The summed E-state index contributed by atoms with van der Waals surface area (Å²) >= 11 is 0. The van der Waals surface area contributed by atoms with Gasteiger partial charge in [-0.1, -0.05) is 13.3 Å². The minimum Gasteiger partial charge on any atom is -0.380 e. The van der Waals surface area contributed by atoms with Gasteiger partial charge in [-0.15, -0.1) is 5.10 Å². The predicted octanol–water partition coefficient (Wildman–Crippen LogP) is 0.934. The molecule has 1 aromatic heterocycles. The van der Waals surface area contributed by atoms with Crippen LogP contribution in [0.25, 0.3) is 0 Å². The molecule has 20 heavy (non-hydrogen) atoms. The van der Waals surface area contributed by atoms with E-state index in [1.165, 1.54) is 0 Å². The minimum absolute atomic E-state index is 0.0584. The third-order valence-electron chi connectivity index (χ3n) is 3.55. The van der Waals surface area contributed by atoms with E-state index in [1.54, 1.807) is 7.11 Å². The lowest BCUT2D eigenvalue weighted by atomic mass is 10.1. The maximum atomic E-state index is 11.5. The molecular formula is C12H22N4O3S. The van der Waals surface area contributed by atoms with Gasteiger partial charge in [0.1, 0.15) is 5.82 Å². The molecule has 2 rings (SSSR count). The molecule has 1 saturated heterocycles. The Morgan fingerprint density at radius 3 is 2.95 bits per heavy atom. The Hall–Kier alpha value is -1.15. The quantitative estimate of drug-likeness (QED) is 0.778. The number of H-pyrrole nitrogens is 1. The highest BCUT2D eigenvalue weighted by atomic mass is 32.2. The van der Waals surface area contributed by atoms with Gasteiger partial charge in [0, 0.05) is 19.6 Å². The second-order valence-corrected chi connectivity index (χ2v) is 7.40. The number of aromatic nitrogens is 3. The zero-order valence-electron chi connectivity index (χ0n) is 11.9. The number of aromatic amines is 1. The second kappa shape index (κ2) is 6.53. The molecule has 2 unspecified atom stereocenters. The molecule has 8 heteroatoms. The van der Waals surface area contributed by atoms with Crippen LogP contribution in [0.5, 0.6) is 0 Å². The molecule has 0 radical (unpaired) electrons. The van der Waals surface area contributed by atoms with E-state index in [4.69, 9.17) is 4.74 Å². The van der Waals surface area contributed by atoms with Crippen molar-refractivity contribution in [2.75, 3.05) is 30.5 Å². The molecule has 0 bridgehead atoms. The molecule has 2 heterocycles. The Morgan fingerprint density at radius 1 is 1.55 bits per heavy atom. The first-order chi connectivity index (χ1) is 9.54.